The standard InChI is InChI=1S/C20H18F2N4O3/c1-2-26-10-16(18(25-26)19(23)27)24-20(28)13-5-3-4-12(8-13)11-29-17-7-6-14(21)9-15(17)22/h3-10H,2,11H2,1H3,(H2,23,27)(H,24,28). The zero-order valence-electron chi connectivity index (χ0n) is 15.5. The van der Waals surface area contributed by atoms with E-state index in [-0.39, 0.29) is 23.7 Å². The number of carbonyl (C=O) groups excluding carboxylic acids is 2. The molecule has 150 valence electrons. The zero-order valence-corrected chi connectivity index (χ0v) is 15.5. The fourth-order valence-electron chi connectivity index (χ4n) is 2.61. The number of benzene rings is 2. The molecule has 0 saturated carbocycles. The predicted molar refractivity (Wildman–Crippen MR) is 102 cm³/mol. The summed E-state index contributed by atoms with van der Waals surface area (Å²) >= 11 is 0. The van der Waals surface area contributed by atoms with Crippen LogP contribution in [0.25, 0.3) is 0 Å². The summed E-state index contributed by atoms with van der Waals surface area (Å²) in [5.74, 6) is -2.84. The number of ether oxygens (including phenoxy) is 1. The molecule has 0 unspecified atom stereocenters. The number of aromatic nitrogens is 2. The SMILES string of the molecule is CCn1cc(NC(=O)c2cccc(COc3ccc(F)cc3F)c2)c(C(N)=O)n1. The van der Waals surface area contributed by atoms with Crippen molar-refractivity contribution in [3.05, 3.63) is 77.1 Å². The second-order valence-electron chi connectivity index (χ2n) is 6.13. The van der Waals surface area contributed by atoms with Gasteiger partial charge >= 0.3 is 0 Å². The minimum absolute atomic E-state index is 0.0238. The maximum atomic E-state index is 13.7. The lowest BCUT2D eigenvalue weighted by Gasteiger charge is -2.09. The average molecular weight is 400 g/mol. The molecule has 9 heteroatoms. The lowest BCUT2D eigenvalue weighted by molar-refractivity contribution is 0.0995. The molecule has 0 radical (unpaired) electrons. The maximum Gasteiger partial charge on any atom is 0.271 e. The van der Waals surface area contributed by atoms with Gasteiger partial charge in [-0.05, 0) is 36.8 Å². The molecule has 7 nitrogen and oxygen atoms in total. The molecule has 0 saturated heterocycles. The van der Waals surface area contributed by atoms with Gasteiger partial charge in [0, 0.05) is 24.4 Å². The summed E-state index contributed by atoms with van der Waals surface area (Å²) in [6.45, 7) is 2.31. The summed E-state index contributed by atoms with van der Waals surface area (Å²) in [4.78, 5) is 24.1. The molecule has 0 fully saturated rings. The molecule has 29 heavy (non-hydrogen) atoms. The molecule has 3 N–H and O–H groups in total. The van der Waals surface area contributed by atoms with Crippen molar-refractivity contribution >= 4 is 17.5 Å². The van der Waals surface area contributed by atoms with Crippen LogP contribution in [0.15, 0.2) is 48.7 Å². The van der Waals surface area contributed by atoms with Crippen molar-refractivity contribution in [3.63, 3.8) is 0 Å². The second-order valence-corrected chi connectivity index (χ2v) is 6.13. The van der Waals surface area contributed by atoms with Crippen molar-refractivity contribution in [2.45, 2.75) is 20.1 Å². The quantitative estimate of drug-likeness (QED) is 0.637. The molecule has 0 spiro atoms. The van der Waals surface area contributed by atoms with Gasteiger partial charge in [-0.15, -0.1) is 0 Å². The van der Waals surface area contributed by atoms with Crippen LogP contribution in [0.5, 0.6) is 5.75 Å². The monoisotopic (exact) mass is 400 g/mol. The highest BCUT2D eigenvalue weighted by Gasteiger charge is 2.17. The van der Waals surface area contributed by atoms with E-state index in [2.05, 4.69) is 10.4 Å². The van der Waals surface area contributed by atoms with Gasteiger partial charge in [0.05, 0.1) is 5.69 Å². The molecule has 0 aliphatic rings. The number of nitrogens with one attached hydrogen (secondary N) is 1. The van der Waals surface area contributed by atoms with E-state index in [9.17, 15) is 18.4 Å². The van der Waals surface area contributed by atoms with Crippen LogP contribution in [0.2, 0.25) is 0 Å². The summed E-state index contributed by atoms with van der Waals surface area (Å²) in [5.41, 5.74) is 6.37. The normalized spacial score (nSPS) is 10.6. The Balaban J connectivity index is 1.73. The van der Waals surface area contributed by atoms with E-state index in [1.54, 1.807) is 24.3 Å². The highest BCUT2D eigenvalue weighted by molar-refractivity contribution is 6.08. The molecule has 0 aliphatic carbocycles. The van der Waals surface area contributed by atoms with Crippen LogP contribution in [0.4, 0.5) is 14.5 Å². The summed E-state index contributed by atoms with van der Waals surface area (Å²) in [5, 5.41) is 6.63. The molecule has 3 aromatic rings. The highest BCUT2D eigenvalue weighted by Crippen LogP contribution is 2.20. The number of nitrogens with two attached hydrogens (primary N) is 1. The highest BCUT2D eigenvalue weighted by atomic mass is 19.1. The minimum Gasteiger partial charge on any atom is -0.486 e. The molecule has 2 amide bonds. The molecule has 0 bridgehead atoms. The van der Waals surface area contributed by atoms with Gasteiger partial charge in [-0.3, -0.25) is 14.3 Å². The number of hydrogen-bond donors (Lipinski definition) is 2. The van der Waals surface area contributed by atoms with Gasteiger partial charge in [0.1, 0.15) is 12.4 Å². The van der Waals surface area contributed by atoms with E-state index in [1.165, 1.54) is 16.9 Å². The first-order valence-electron chi connectivity index (χ1n) is 8.72. The van der Waals surface area contributed by atoms with Crippen LogP contribution >= 0.6 is 0 Å². The molecule has 0 atom stereocenters. The first-order valence-corrected chi connectivity index (χ1v) is 8.72. The van der Waals surface area contributed by atoms with Gasteiger partial charge in [0.2, 0.25) is 0 Å². The van der Waals surface area contributed by atoms with Crippen molar-refractivity contribution in [2.75, 3.05) is 5.32 Å². The Kier molecular flexibility index (Phi) is 5.87. The third-order valence-electron chi connectivity index (χ3n) is 4.04. The number of amides is 2. The number of rotatable bonds is 7. The molecule has 0 aliphatic heterocycles. The third kappa shape index (κ3) is 4.75. The number of carbonyl (C=O) groups is 2. The average Bonchev–Trinajstić information content (AvgIpc) is 3.11. The van der Waals surface area contributed by atoms with Gasteiger partial charge < -0.3 is 15.8 Å². The lowest BCUT2D eigenvalue weighted by atomic mass is 10.1. The van der Waals surface area contributed by atoms with Crippen LogP contribution in [-0.2, 0) is 13.2 Å². The minimum atomic E-state index is -0.814. The third-order valence-corrected chi connectivity index (χ3v) is 4.04. The van der Waals surface area contributed by atoms with Crippen molar-refractivity contribution in [1.82, 2.24) is 9.78 Å². The van der Waals surface area contributed by atoms with Gasteiger partial charge in [-0.1, -0.05) is 12.1 Å². The van der Waals surface area contributed by atoms with Crippen LogP contribution in [0.1, 0.15) is 33.3 Å². The fourth-order valence-corrected chi connectivity index (χ4v) is 2.61. The van der Waals surface area contributed by atoms with E-state index in [1.807, 2.05) is 6.92 Å². The maximum absolute atomic E-state index is 13.7. The van der Waals surface area contributed by atoms with Crippen molar-refractivity contribution in [3.8, 4) is 5.75 Å². The largest absolute Gasteiger partial charge is 0.486 e. The number of nitrogens with zero attached hydrogens (tertiary/aromatic N) is 2. The van der Waals surface area contributed by atoms with Gasteiger partial charge in [-0.25, -0.2) is 8.78 Å². The van der Waals surface area contributed by atoms with E-state index in [0.717, 1.165) is 12.1 Å². The molecule has 3 rings (SSSR count). The molecular formula is C20H18F2N4O3. The zero-order chi connectivity index (χ0) is 21.0. The molecule has 1 heterocycles. The van der Waals surface area contributed by atoms with E-state index >= 15 is 0 Å². The number of hydrogen-bond acceptors (Lipinski definition) is 4. The van der Waals surface area contributed by atoms with Crippen LogP contribution in [0.3, 0.4) is 0 Å². The van der Waals surface area contributed by atoms with Gasteiger partial charge in [0.15, 0.2) is 17.3 Å². The number of halogens is 2. The lowest BCUT2D eigenvalue weighted by Crippen LogP contribution is -2.18. The van der Waals surface area contributed by atoms with Gasteiger partial charge in [0.25, 0.3) is 11.8 Å². The summed E-state index contributed by atoms with van der Waals surface area (Å²) < 4.78 is 33.5. The number of primary amides is 1. The predicted octanol–water partition coefficient (Wildman–Crippen LogP) is 3.11. The van der Waals surface area contributed by atoms with Crippen LogP contribution < -0.4 is 15.8 Å². The number of anilines is 1. The number of aryl methyl sites for hydroxylation is 1. The van der Waals surface area contributed by atoms with Crippen LogP contribution in [-0.4, -0.2) is 21.6 Å². The Morgan fingerprint density at radius 3 is 2.69 bits per heavy atom. The second kappa shape index (κ2) is 8.51. The smallest absolute Gasteiger partial charge is 0.271 e. The van der Waals surface area contributed by atoms with Crippen LogP contribution in [0, 0.1) is 11.6 Å². The first-order chi connectivity index (χ1) is 13.9. The van der Waals surface area contributed by atoms with E-state index in [4.69, 9.17) is 10.5 Å². The molecule has 2 aromatic carbocycles. The Morgan fingerprint density at radius 2 is 2.00 bits per heavy atom. The van der Waals surface area contributed by atoms with Crippen molar-refractivity contribution in [2.24, 2.45) is 5.73 Å². The summed E-state index contributed by atoms with van der Waals surface area (Å²) in [7, 11) is 0. The van der Waals surface area contributed by atoms with Crippen molar-refractivity contribution in [1.29, 1.82) is 0 Å². The Bertz CT molecular complexity index is 1070. The summed E-state index contributed by atoms with van der Waals surface area (Å²) in [6, 6.07) is 9.48. The topological polar surface area (TPSA) is 99.2 Å². The van der Waals surface area contributed by atoms with Gasteiger partial charge in [-0.2, -0.15) is 5.10 Å². The first kappa shape index (κ1) is 20.0. The van der Waals surface area contributed by atoms with E-state index in [0.29, 0.717) is 17.7 Å². The fraction of sp³-hybridized carbons (Fsp3) is 0.150. The molecule has 1 aromatic heterocycles. The van der Waals surface area contributed by atoms with E-state index < -0.39 is 23.4 Å². The van der Waals surface area contributed by atoms with Crippen molar-refractivity contribution < 1.29 is 23.1 Å². The molecular weight excluding hydrogens is 382 g/mol. The Labute approximate surface area is 165 Å². The Hall–Kier alpha value is -3.75. The Morgan fingerprint density at radius 1 is 1.21 bits per heavy atom. The summed E-state index contributed by atoms with van der Waals surface area (Å²) in [6.07, 6.45) is 1.52.